The molecule has 1 rings (SSSR count). The largest absolute Gasteiger partial charge is 0.324 e. The standard InChI is InChI=1S/C8H10ClNOS/c1-2-3-7(11)10-6-4-5-12-8(6)9/h4-5H,2-3H2,1H3,(H,10,11). The van der Waals surface area contributed by atoms with Crippen LogP contribution in [-0.2, 0) is 4.79 Å². The fraction of sp³-hybridized carbons (Fsp3) is 0.375. The van der Waals surface area contributed by atoms with E-state index in [9.17, 15) is 4.79 Å². The highest BCUT2D eigenvalue weighted by molar-refractivity contribution is 7.15. The van der Waals surface area contributed by atoms with Crippen molar-refractivity contribution in [2.75, 3.05) is 5.32 Å². The predicted molar refractivity (Wildman–Crippen MR) is 52.9 cm³/mol. The topological polar surface area (TPSA) is 29.1 Å². The summed E-state index contributed by atoms with van der Waals surface area (Å²) in [5.41, 5.74) is 0.722. The number of hydrogen-bond acceptors (Lipinski definition) is 2. The van der Waals surface area contributed by atoms with Crippen LogP contribution in [0.1, 0.15) is 19.8 Å². The van der Waals surface area contributed by atoms with Gasteiger partial charge in [-0.15, -0.1) is 11.3 Å². The molecule has 1 N–H and O–H groups in total. The molecule has 0 spiro atoms. The summed E-state index contributed by atoms with van der Waals surface area (Å²) in [4.78, 5) is 11.1. The Morgan fingerprint density at radius 2 is 2.50 bits per heavy atom. The van der Waals surface area contributed by atoms with Crippen molar-refractivity contribution < 1.29 is 4.79 Å². The third-order valence-corrected chi connectivity index (χ3v) is 2.54. The summed E-state index contributed by atoms with van der Waals surface area (Å²) >= 11 is 7.20. The Bertz CT molecular complexity index is 272. The molecule has 0 unspecified atom stereocenters. The second kappa shape index (κ2) is 4.48. The van der Waals surface area contributed by atoms with Crippen molar-refractivity contribution in [2.45, 2.75) is 19.8 Å². The Labute approximate surface area is 80.5 Å². The maximum absolute atomic E-state index is 11.1. The van der Waals surface area contributed by atoms with Gasteiger partial charge in [-0.3, -0.25) is 4.79 Å². The van der Waals surface area contributed by atoms with Crippen molar-refractivity contribution in [3.8, 4) is 0 Å². The van der Waals surface area contributed by atoms with Crippen LogP contribution in [0.4, 0.5) is 5.69 Å². The lowest BCUT2D eigenvalue weighted by Crippen LogP contribution is -2.09. The van der Waals surface area contributed by atoms with Crippen LogP contribution in [0.15, 0.2) is 11.4 Å². The first-order chi connectivity index (χ1) is 5.74. The first-order valence-electron chi connectivity index (χ1n) is 3.77. The molecule has 0 fully saturated rings. The first kappa shape index (κ1) is 9.55. The van der Waals surface area contributed by atoms with Crippen LogP contribution in [0.25, 0.3) is 0 Å². The van der Waals surface area contributed by atoms with Gasteiger partial charge in [0.2, 0.25) is 5.91 Å². The van der Waals surface area contributed by atoms with Crippen molar-refractivity contribution in [3.63, 3.8) is 0 Å². The van der Waals surface area contributed by atoms with E-state index in [4.69, 9.17) is 11.6 Å². The van der Waals surface area contributed by atoms with E-state index in [0.29, 0.717) is 10.8 Å². The van der Waals surface area contributed by atoms with E-state index in [1.54, 1.807) is 6.07 Å². The summed E-state index contributed by atoms with van der Waals surface area (Å²) in [6.45, 7) is 1.97. The van der Waals surface area contributed by atoms with Gasteiger partial charge in [-0.25, -0.2) is 0 Å². The van der Waals surface area contributed by atoms with Crippen LogP contribution >= 0.6 is 22.9 Å². The Morgan fingerprint density at radius 3 is 3.00 bits per heavy atom. The second-order valence-electron chi connectivity index (χ2n) is 2.41. The average molecular weight is 204 g/mol. The highest BCUT2D eigenvalue weighted by Crippen LogP contribution is 2.27. The molecule has 1 aromatic rings. The summed E-state index contributed by atoms with van der Waals surface area (Å²) in [6.07, 6.45) is 1.40. The number of hydrogen-bond donors (Lipinski definition) is 1. The zero-order valence-corrected chi connectivity index (χ0v) is 8.34. The number of halogens is 1. The van der Waals surface area contributed by atoms with E-state index in [2.05, 4.69) is 5.32 Å². The lowest BCUT2D eigenvalue weighted by Gasteiger charge is -2.00. The molecule has 0 aliphatic rings. The molecule has 0 bridgehead atoms. The van der Waals surface area contributed by atoms with Crippen molar-refractivity contribution in [2.24, 2.45) is 0 Å². The summed E-state index contributed by atoms with van der Waals surface area (Å²) < 4.78 is 0.638. The first-order valence-corrected chi connectivity index (χ1v) is 5.02. The average Bonchev–Trinajstić information content (AvgIpc) is 2.37. The van der Waals surface area contributed by atoms with Crippen LogP contribution < -0.4 is 5.32 Å². The van der Waals surface area contributed by atoms with Gasteiger partial charge in [0.25, 0.3) is 0 Å². The summed E-state index contributed by atoms with van der Waals surface area (Å²) in [7, 11) is 0. The number of amides is 1. The van der Waals surface area contributed by atoms with E-state index >= 15 is 0 Å². The van der Waals surface area contributed by atoms with Gasteiger partial charge in [0, 0.05) is 6.42 Å². The number of nitrogens with one attached hydrogen (secondary N) is 1. The molecule has 1 amide bonds. The summed E-state index contributed by atoms with van der Waals surface area (Å²) in [6, 6.07) is 1.81. The van der Waals surface area contributed by atoms with Crippen LogP contribution in [0.5, 0.6) is 0 Å². The molecule has 12 heavy (non-hydrogen) atoms. The van der Waals surface area contributed by atoms with E-state index in [1.165, 1.54) is 11.3 Å². The SMILES string of the molecule is CCCC(=O)Nc1ccsc1Cl. The maximum Gasteiger partial charge on any atom is 0.224 e. The number of rotatable bonds is 3. The highest BCUT2D eigenvalue weighted by atomic mass is 35.5. The number of carbonyl (C=O) groups excluding carboxylic acids is 1. The Balaban J connectivity index is 2.52. The zero-order valence-electron chi connectivity index (χ0n) is 6.76. The molecule has 2 nitrogen and oxygen atoms in total. The van der Waals surface area contributed by atoms with Crippen LogP contribution in [-0.4, -0.2) is 5.91 Å². The predicted octanol–water partition coefficient (Wildman–Crippen LogP) is 3.14. The van der Waals surface area contributed by atoms with Crippen LogP contribution in [0.2, 0.25) is 4.34 Å². The molecule has 0 saturated carbocycles. The number of thiophene rings is 1. The molecule has 4 heteroatoms. The van der Waals surface area contributed by atoms with E-state index < -0.39 is 0 Å². The highest BCUT2D eigenvalue weighted by Gasteiger charge is 2.04. The van der Waals surface area contributed by atoms with Gasteiger partial charge in [-0.1, -0.05) is 18.5 Å². The summed E-state index contributed by atoms with van der Waals surface area (Å²) in [5, 5.41) is 4.58. The minimum absolute atomic E-state index is 0.0257. The normalized spacial score (nSPS) is 9.83. The minimum Gasteiger partial charge on any atom is -0.324 e. The third kappa shape index (κ3) is 2.50. The van der Waals surface area contributed by atoms with E-state index in [0.717, 1.165) is 12.1 Å². The molecule has 0 radical (unpaired) electrons. The molecule has 66 valence electrons. The maximum atomic E-state index is 11.1. The lowest BCUT2D eigenvalue weighted by atomic mass is 10.3. The van der Waals surface area contributed by atoms with Gasteiger partial charge in [0.15, 0.2) is 0 Å². The molecule has 0 aromatic carbocycles. The molecule has 1 aromatic heterocycles. The molecular weight excluding hydrogens is 194 g/mol. The van der Waals surface area contributed by atoms with E-state index in [1.807, 2.05) is 12.3 Å². The summed E-state index contributed by atoms with van der Waals surface area (Å²) in [5.74, 6) is 0.0257. The molecular formula is C8H10ClNOS. The number of carbonyl (C=O) groups is 1. The monoisotopic (exact) mass is 203 g/mol. The van der Waals surface area contributed by atoms with Crippen LogP contribution in [0.3, 0.4) is 0 Å². The lowest BCUT2D eigenvalue weighted by molar-refractivity contribution is -0.116. The fourth-order valence-corrected chi connectivity index (χ4v) is 1.66. The van der Waals surface area contributed by atoms with E-state index in [-0.39, 0.29) is 5.91 Å². The van der Waals surface area contributed by atoms with Gasteiger partial charge in [-0.2, -0.15) is 0 Å². The Morgan fingerprint density at radius 1 is 1.75 bits per heavy atom. The van der Waals surface area contributed by atoms with Crippen molar-refractivity contribution >= 4 is 34.5 Å². The smallest absolute Gasteiger partial charge is 0.224 e. The molecule has 0 saturated heterocycles. The Kier molecular flexibility index (Phi) is 3.56. The molecule has 0 atom stereocenters. The zero-order chi connectivity index (χ0) is 8.97. The third-order valence-electron chi connectivity index (χ3n) is 1.37. The molecule has 1 heterocycles. The van der Waals surface area contributed by atoms with Crippen molar-refractivity contribution in [1.82, 2.24) is 0 Å². The van der Waals surface area contributed by atoms with Gasteiger partial charge in [-0.05, 0) is 17.9 Å². The van der Waals surface area contributed by atoms with Gasteiger partial charge in [0.1, 0.15) is 4.34 Å². The fourth-order valence-electron chi connectivity index (χ4n) is 0.821. The quantitative estimate of drug-likeness (QED) is 0.804. The second-order valence-corrected chi connectivity index (χ2v) is 3.92. The molecule has 0 aliphatic carbocycles. The van der Waals surface area contributed by atoms with Crippen LogP contribution in [0, 0.1) is 0 Å². The van der Waals surface area contributed by atoms with Gasteiger partial charge in [0.05, 0.1) is 5.69 Å². The Hall–Kier alpha value is -0.540. The van der Waals surface area contributed by atoms with Crippen molar-refractivity contribution in [1.29, 1.82) is 0 Å². The molecule has 0 aliphatic heterocycles. The van der Waals surface area contributed by atoms with Gasteiger partial charge >= 0.3 is 0 Å². The van der Waals surface area contributed by atoms with Gasteiger partial charge < -0.3 is 5.32 Å². The number of anilines is 1. The minimum atomic E-state index is 0.0257. The van der Waals surface area contributed by atoms with Crippen molar-refractivity contribution in [3.05, 3.63) is 15.8 Å².